The van der Waals surface area contributed by atoms with Crippen LogP contribution >= 0.6 is 11.8 Å². The van der Waals surface area contributed by atoms with Gasteiger partial charge < -0.3 is 9.64 Å². The van der Waals surface area contributed by atoms with E-state index in [0.29, 0.717) is 11.8 Å². The summed E-state index contributed by atoms with van der Waals surface area (Å²) in [6.45, 7) is 0.595. The van der Waals surface area contributed by atoms with Gasteiger partial charge in [-0.15, -0.1) is 0 Å². The third-order valence-electron chi connectivity index (χ3n) is 6.02. The van der Waals surface area contributed by atoms with Gasteiger partial charge in [0.1, 0.15) is 5.75 Å². The summed E-state index contributed by atoms with van der Waals surface area (Å²) in [6, 6.07) is 1.41. The number of thioether (sulfide) groups is 1. The zero-order valence-corrected chi connectivity index (χ0v) is 18.4. The van der Waals surface area contributed by atoms with E-state index in [0.717, 1.165) is 26.2 Å². The van der Waals surface area contributed by atoms with Gasteiger partial charge in [0.2, 0.25) is 11.8 Å². The lowest BCUT2D eigenvalue weighted by Gasteiger charge is -2.40. The van der Waals surface area contributed by atoms with Crippen LogP contribution in [0.3, 0.4) is 0 Å². The van der Waals surface area contributed by atoms with Crippen LogP contribution in [-0.2, 0) is 6.18 Å². The molecular formula is C21H25F8NOS. The number of methoxy groups -OCH3 is 1. The van der Waals surface area contributed by atoms with Crippen LogP contribution in [0.25, 0.3) is 0 Å². The Hall–Kier alpha value is -1.39. The number of hydrogen-bond acceptors (Lipinski definition) is 3. The molecule has 2 unspecified atom stereocenters. The van der Waals surface area contributed by atoms with Gasteiger partial charge in [0.05, 0.1) is 18.4 Å². The van der Waals surface area contributed by atoms with Crippen molar-refractivity contribution in [3.05, 3.63) is 17.7 Å². The molecular weight excluding hydrogens is 466 g/mol. The number of benzene rings is 1. The molecule has 1 saturated carbocycles. The maximum Gasteiger partial charge on any atom is 0.420 e. The van der Waals surface area contributed by atoms with E-state index in [1.165, 1.54) is 4.90 Å². The molecule has 32 heavy (non-hydrogen) atoms. The first-order chi connectivity index (χ1) is 14.7. The molecule has 1 heterocycles. The molecule has 0 saturated heterocycles. The van der Waals surface area contributed by atoms with Crippen molar-refractivity contribution in [3.8, 4) is 5.75 Å². The molecule has 0 N–H and O–H groups in total. The molecule has 11 heteroatoms. The van der Waals surface area contributed by atoms with Crippen molar-refractivity contribution in [2.75, 3.05) is 18.6 Å². The molecule has 2 aliphatic rings. The van der Waals surface area contributed by atoms with Crippen molar-refractivity contribution in [3.63, 3.8) is 0 Å². The van der Waals surface area contributed by atoms with Crippen molar-refractivity contribution >= 4 is 17.4 Å². The average molecular weight is 491 g/mol. The SMILES string of the molecule is COc1cc2c(cc1C(F)(F)F)N(C1CCC(F)(F)CC1)CC(CCC(C)(F)F)C(F)S2. The molecule has 1 aromatic rings. The predicted octanol–water partition coefficient (Wildman–Crippen LogP) is 7.55. The fraction of sp³-hybridized carbons (Fsp3) is 0.714. The van der Waals surface area contributed by atoms with Gasteiger partial charge in [-0.3, -0.25) is 0 Å². The van der Waals surface area contributed by atoms with Crippen LogP contribution in [0, 0.1) is 5.92 Å². The summed E-state index contributed by atoms with van der Waals surface area (Å²) in [4.78, 5) is 1.69. The highest BCUT2D eigenvalue weighted by Gasteiger charge is 2.42. The Morgan fingerprint density at radius 2 is 1.75 bits per heavy atom. The summed E-state index contributed by atoms with van der Waals surface area (Å²) >= 11 is 0.659. The minimum absolute atomic E-state index is 0.0120. The summed E-state index contributed by atoms with van der Waals surface area (Å²) in [5.74, 6) is -7.26. The van der Waals surface area contributed by atoms with Crippen LogP contribution in [-0.4, -0.2) is 37.0 Å². The van der Waals surface area contributed by atoms with E-state index in [4.69, 9.17) is 4.74 Å². The first-order valence-corrected chi connectivity index (χ1v) is 11.2. The molecule has 182 valence electrons. The molecule has 2 nitrogen and oxygen atoms in total. The second kappa shape index (κ2) is 9.10. The maximum atomic E-state index is 15.1. The number of anilines is 1. The Morgan fingerprint density at radius 1 is 1.12 bits per heavy atom. The standard InChI is InChI=1S/C21H25F8NOS/c1-19(23,24)6-3-12-11-30(13-4-7-20(25,26)8-5-13)15-9-14(21(27,28)29)16(31-2)10-17(15)32-18(12)22/h9-10,12-13,18H,3-8,11H2,1-2H3. The molecule has 0 bridgehead atoms. The van der Waals surface area contributed by atoms with Crippen molar-refractivity contribution in [2.45, 2.75) is 79.9 Å². The number of hydrogen-bond donors (Lipinski definition) is 0. The highest BCUT2D eigenvalue weighted by Crippen LogP contribution is 2.49. The molecule has 0 spiro atoms. The minimum Gasteiger partial charge on any atom is -0.496 e. The van der Waals surface area contributed by atoms with Crippen LogP contribution in [0.5, 0.6) is 5.75 Å². The summed E-state index contributed by atoms with van der Waals surface area (Å²) in [5, 5.41) is 0. The molecule has 0 amide bonds. The zero-order chi connectivity index (χ0) is 23.9. The van der Waals surface area contributed by atoms with Gasteiger partial charge in [-0.1, -0.05) is 11.8 Å². The normalized spacial score (nSPS) is 24.8. The summed E-state index contributed by atoms with van der Waals surface area (Å²) in [5.41, 5.74) is -2.63. The molecule has 0 radical (unpaired) electrons. The van der Waals surface area contributed by atoms with Gasteiger partial charge in [0.15, 0.2) is 5.50 Å². The number of nitrogens with zero attached hydrogens (tertiary/aromatic N) is 1. The summed E-state index contributed by atoms with van der Waals surface area (Å²) < 4.78 is 115. The van der Waals surface area contributed by atoms with Gasteiger partial charge in [0, 0.05) is 42.7 Å². The quantitative estimate of drug-likeness (QED) is 0.395. The first-order valence-electron chi connectivity index (χ1n) is 10.3. The molecule has 2 atom stereocenters. The predicted molar refractivity (Wildman–Crippen MR) is 107 cm³/mol. The Kier molecular flexibility index (Phi) is 7.18. The van der Waals surface area contributed by atoms with Gasteiger partial charge in [-0.05, 0) is 38.3 Å². The summed E-state index contributed by atoms with van der Waals surface area (Å²) in [7, 11) is 1.07. The smallest absolute Gasteiger partial charge is 0.420 e. The fourth-order valence-electron chi connectivity index (χ4n) is 4.25. The third-order valence-corrected chi connectivity index (χ3v) is 7.21. The lowest BCUT2D eigenvalue weighted by Crippen LogP contribution is -2.44. The second-order valence-electron chi connectivity index (χ2n) is 8.60. The van der Waals surface area contributed by atoms with E-state index in [9.17, 15) is 30.7 Å². The van der Waals surface area contributed by atoms with Gasteiger partial charge in [-0.2, -0.15) is 13.2 Å². The first kappa shape index (κ1) is 25.2. The van der Waals surface area contributed by atoms with Crippen molar-refractivity contribution < 1.29 is 39.9 Å². The second-order valence-corrected chi connectivity index (χ2v) is 9.72. The monoisotopic (exact) mass is 491 g/mol. The molecule has 1 aliphatic heterocycles. The largest absolute Gasteiger partial charge is 0.496 e. The van der Waals surface area contributed by atoms with Crippen molar-refractivity contribution in [1.82, 2.24) is 0 Å². The molecule has 1 aromatic carbocycles. The Labute approximate surface area is 185 Å². The van der Waals surface area contributed by atoms with Gasteiger partial charge in [0.25, 0.3) is 0 Å². The van der Waals surface area contributed by atoms with Gasteiger partial charge in [-0.25, -0.2) is 22.0 Å². The van der Waals surface area contributed by atoms with E-state index in [-0.39, 0.29) is 36.4 Å². The van der Waals surface area contributed by atoms with E-state index in [1.807, 2.05) is 0 Å². The van der Waals surface area contributed by atoms with E-state index in [1.54, 1.807) is 0 Å². The summed E-state index contributed by atoms with van der Waals surface area (Å²) in [6.07, 6.45) is -6.36. The molecule has 3 rings (SSSR count). The topological polar surface area (TPSA) is 12.5 Å². The maximum absolute atomic E-state index is 15.1. The highest BCUT2D eigenvalue weighted by molar-refractivity contribution is 8.00. The zero-order valence-electron chi connectivity index (χ0n) is 17.6. The average Bonchev–Trinajstić information content (AvgIpc) is 2.80. The Balaban J connectivity index is 2.02. The number of rotatable bonds is 5. The van der Waals surface area contributed by atoms with Crippen LogP contribution in [0.4, 0.5) is 40.8 Å². The number of halogens is 8. The molecule has 0 aromatic heterocycles. The van der Waals surface area contributed by atoms with Crippen LogP contribution in [0.1, 0.15) is 51.0 Å². The fourth-order valence-corrected chi connectivity index (χ4v) is 5.38. The van der Waals surface area contributed by atoms with Crippen molar-refractivity contribution in [2.24, 2.45) is 5.92 Å². The van der Waals surface area contributed by atoms with Crippen LogP contribution in [0.15, 0.2) is 17.0 Å². The van der Waals surface area contributed by atoms with E-state index in [2.05, 4.69) is 0 Å². The van der Waals surface area contributed by atoms with E-state index < -0.39 is 66.1 Å². The minimum atomic E-state index is -4.75. The van der Waals surface area contributed by atoms with Crippen molar-refractivity contribution in [1.29, 1.82) is 0 Å². The molecule has 1 fully saturated rings. The number of ether oxygens (including phenoxy) is 1. The Bertz CT molecular complexity index is 800. The van der Waals surface area contributed by atoms with Crippen LogP contribution < -0.4 is 9.64 Å². The third kappa shape index (κ3) is 5.94. The lowest BCUT2D eigenvalue weighted by atomic mass is 9.89. The van der Waals surface area contributed by atoms with Gasteiger partial charge >= 0.3 is 6.18 Å². The van der Waals surface area contributed by atoms with Crippen LogP contribution in [0.2, 0.25) is 0 Å². The lowest BCUT2D eigenvalue weighted by molar-refractivity contribution is -0.138. The highest BCUT2D eigenvalue weighted by atomic mass is 32.2. The number of alkyl halides is 8. The Morgan fingerprint density at radius 3 is 2.28 bits per heavy atom. The molecule has 1 aliphatic carbocycles. The van der Waals surface area contributed by atoms with E-state index >= 15 is 4.39 Å². The number of fused-ring (bicyclic) bond motifs is 1.